The number of anilines is 2. The van der Waals surface area contributed by atoms with Crippen LogP contribution in [0.25, 0.3) is 6.08 Å². The average Bonchev–Trinajstić information content (AvgIpc) is 3.36. The van der Waals surface area contributed by atoms with Crippen molar-refractivity contribution in [3.8, 4) is 5.75 Å². The van der Waals surface area contributed by atoms with Gasteiger partial charge in [0.2, 0.25) is 5.91 Å². The molecule has 0 radical (unpaired) electrons. The molecule has 1 aliphatic heterocycles. The highest BCUT2D eigenvalue weighted by molar-refractivity contribution is 6.08. The summed E-state index contributed by atoms with van der Waals surface area (Å²) in [7, 11) is 0. The maximum atomic E-state index is 13.0. The fourth-order valence-corrected chi connectivity index (χ4v) is 4.07. The maximum Gasteiger partial charge on any atom is 0.258 e. The molecule has 1 N–H and O–H groups in total. The monoisotopic (exact) mass is 475 g/mol. The molecule has 0 saturated heterocycles. The fourth-order valence-electron chi connectivity index (χ4n) is 4.07. The SMILES string of the molecule is O=C(/C=C/c1ccc(OCc2ccccn2)cc1)Nc1ccc(C(=O)N2CCc3ccccc32)cc1. The lowest BCUT2D eigenvalue weighted by molar-refractivity contribution is -0.111. The Kier molecular flexibility index (Phi) is 6.85. The molecule has 36 heavy (non-hydrogen) atoms. The second kappa shape index (κ2) is 10.7. The normalized spacial score (nSPS) is 12.4. The van der Waals surface area contributed by atoms with E-state index in [1.54, 1.807) is 41.4 Å². The summed E-state index contributed by atoms with van der Waals surface area (Å²) in [6, 6.07) is 28.1. The first kappa shape index (κ1) is 23.1. The molecule has 5 rings (SSSR count). The van der Waals surface area contributed by atoms with Gasteiger partial charge in [-0.2, -0.15) is 0 Å². The van der Waals surface area contributed by atoms with Crippen LogP contribution in [0.1, 0.15) is 27.2 Å². The highest BCUT2D eigenvalue weighted by atomic mass is 16.5. The second-order valence-electron chi connectivity index (χ2n) is 8.41. The van der Waals surface area contributed by atoms with Gasteiger partial charge in [0.25, 0.3) is 5.91 Å². The van der Waals surface area contributed by atoms with E-state index in [1.807, 2.05) is 60.7 Å². The zero-order chi connectivity index (χ0) is 24.7. The van der Waals surface area contributed by atoms with Gasteiger partial charge < -0.3 is 15.0 Å². The summed E-state index contributed by atoms with van der Waals surface area (Å²) in [5.74, 6) is 0.442. The van der Waals surface area contributed by atoms with Crippen LogP contribution < -0.4 is 15.0 Å². The third-order valence-corrected chi connectivity index (χ3v) is 5.95. The van der Waals surface area contributed by atoms with Crippen LogP contribution in [-0.2, 0) is 17.8 Å². The van der Waals surface area contributed by atoms with Crippen molar-refractivity contribution in [2.75, 3.05) is 16.8 Å². The van der Waals surface area contributed by atoms with Crippen molar-refractivity contribution in [3.05, 3.63) is 126 Å². The highest BCUT2D eigenvalue weighted by Crippen LogP contribution is 2.29. The van der Waals surface area contributed by atoms with Crippen LogP contribution in [0.5, 0.6) is 5.75 Å². The molecule has 0 unspecified atom stereocenters. The summed E-state index contributed by atoms with van der Waals surface area (Å²) in [5.41, 5.74) is 5.11. The molecule has 0 aliphatic carbocycles. The standard InChI is InChI=1S/C30H25N3O3/c34-29(17-10-22-8-15-27(16-9-22)36-21-26-6-3-4-19-31-26)32-25-13-11-24(12-14-25)30(35)33-20-18-23-5-1-2-7-28(23)33/h1-17,19H,18,20-21H2,(H,32,34)/b17-10+. The van der Waals surface area contributed by atoms with Crippen LogP contribution >= 0.6 is 0 Å². The predicted molar refractivity (Wildman–Crippen MR) is 141 cm³/mol. The lowest BCUT2D eigenvalue weighted by Gasteiger charge is -2.17. The number of fused-ring (bicyclic) bond motifs is 1. The Bertz CT molecular complexity index is 1380. The minimum absolute atomic E-state index is 0.0369. The summed E-state index contributed by atoms with van der Waals surface area (Å²) in [6.07, 6.45) is 5.81. The molecular weight excluding hydrogens is 450 g/mol. The molecule has 6 heteroatoms. The van der Waals surface area contributed by atoms with E-state index in [4.69, 9.17) is 4.74 Å². The Hall–Kier alpha value is -4.71. The number of hydrogen-bond acceptors (Lipinski definition) is 4. The maximum absolute atomic E-state index is 13.0. The van der Waals surface area contributed by atoms with E-state index in [9.17, 15) is 9.59 Å². The van der Waals surface area contributed by atoms with E-state index in [2.05, 4.69) is 16.4 Å². The fraction of sp³-hybridized carbons (Fsp3) is 0.100. The molecule has 1 aromatic heterocycles. The first-order valence-electron chi connectivity index (χ1n) is 11.8. The van der Waals surface area contributed by atoms with E-state index < -0.39 is 0 Å². The molecule has 3 aromatic carbocycles. The number of ether oxygens (including phenoxy) is 1. The third-order valence-electron chi connectivity index (χ3n) is 5.95. The van der Waals surface area contributed by atoms with Gasteiger partial charge >= 0.3 is 0 Å². The number of hydrogen-bond donors (Lipinski definition) is 1. The molecule has 178 valence electrons. The molecule has 6 nitrogen and oxygen atoms in total. The number of nitrogens with one attached hydrogen (secondary N) is 1. The summed E-state index contributed by atoms with van der Waals surface area (Å²) >= 11 is 0. The highest BCUT2D eigenvalue weighted by Gasteiger charge is 2.24. The molecule has 0 fully saturated rings. The van der Waals surface area contributed by atoms with Gasteiger partial charge in [-0.1, -0.05) is 36.4 Å². The Balaban J connectivity index is 1.13. The van der Waals surface area contributed by atoms with Gasteiger partial charge in [-0.3, -0.25) is 14.6 Å². The minimum atomic E-state index is -0.252. The van der Waals surface area contributed by atoms with E-state index in [-0.39, 0.29) is 11.8 Å². The molecule has 2 heterocycles. The van der Waals surface area contributed by atoms with Crippen molar-refractivity contribution in [1.29, 1.82) is 0 Å². The van der Waals surface area contributed by atoms with E-state index >= 15 is 0 Å². The lowest BCUT2D eigenvalue weighted by atomic mass is 10.1. The van der Waals surface area contributed by atoms with Crippen molar-refractivity contribution in [1.82, 2.24) is 4.98 Å². The van der Waals surface area contributed by atoms with Crippen LogP contribution in [0.3, 0.4) is 0 Å². The van der Waals surface area contributed by atoms with Crippen LogP contribution in [0.4, 0.5) is 11.4 Å². The van der Waals surface area contributed by atoms with E-state index in [0.717, 1.165) is 29.1 Å². The van der Waals surface area contributed by atoms with Gasteiger partial charge in [0.1, 0.15) is 12.4 Å². The van der Waals surface area contributed by atoms with E-state index in [0.29, 0.717) is 24.4 Å². The number of para-hydroxylation sites is 1. The van der Waals surface area contributed by atoms with Crippen LogP contribution in [0.2, 0.25) is 0 Å². The summed E-state index contributed by atoms with van der Waals surface area (Å²) in [6.45, 7) is 1.08. The van der Waals surface area contributed by atoms with Gasteiger partial charge in [0, 0.05) is 35.8 Å². The van der Waals surface area contributed by atoms with Gasteiger partial charge in [-0.05, 0) is 78.2 Å². The number of carbonyl (C=O) groups excluding carboxylic acids is 2. The van der Waals surface area contributed by atoms with Crippen molar-refractivity contribution in [2.45, 2.75) is 13.0 Å². The number of aromatic nitrogens is 1. The Labute approximate surface area is 209 Å². The number of benzene rings is 3. The first-order chi connectivity index (χ1) is 17.7. The van der Waals surface area contributed by atoms with Gasteiger partial charge in [0.15, 0.2) is 0 Å². The van der Waals surface area contributed by atoms with Crippen LogP contribution in [0, 0.1) is 0 Å². The van der Waals surface area contributed by atoms with Crippen LogP contribution in [-0.4, -0.2) is 23.3 Å². The van der Waals surface area contributed by atoms with Crippen molar-refractivity contribution >= 4 is 29.3 Å². The first-order valence-corrected chi connectivity index (χ1v) is 11.8. The van der Waals surface area contributed by atoms with Crippen molar-refractivity contribution in [2.24, 2.45) is 0 Å². The van der Waals surface area contributed by atoms with Gasteiger partial charge in [-0.25, -0.2) is 0 Å². The van der Waals surface area contributed by atoms with Gasteiger partial charge in [0.05, 0.1) is 5.69 Å². The van der Waals surface area contributed by atoms with Crippen molar-refractivity contribution < 1.29 is 14.3 Å². The Morgan fingerprint density at radius 3 is 2.47 bits per heavy atom. The third kappa shape index (κ3) is 5.50. The Morgan fingerprint density at radius 2 is 1.69 bits per heavy atom. The molecule has 0 spiro atoms. The van der Waals surface area contributed by atoms with Crippen LogP contribution in [0.15, 0.2) is 103 Å². The Morgan fingerprint density at radius 1 is 0.917 bits per heavy atom. The zero-order valence-electron chi connectivity index (χ0n) is 19.6. The summed E-state index contributed by atoms with van der Waals surface area (Å²) in [5, 5.41) is 2.83. The quantitative estimate of drug-likeness (QED) is 0.358. The number of nitrogens with zero attached hydrogens (tertiary/aromatic N) is 2. The molecule has 2 amide bonds. The number of carbonyl (C=O) groups is 2. The molecule has 0 atom stereocenters. The number of amides is 2. The molecular formula is C30H25N3O3. The topological polar surface area (TPSA) is 71.5 Å². The minimum Gasteiger partial charge on any atom is -0.487 e. The molecule has 0 saturated carbocycles. The average molecular weight is 476 g/mol. The molecule has 1 aliphatic rings. The smallest absolute Gasteiger partial charge is 0.258 e. The second-order valence-corrected chi connectivity index (χ2v) is 8.41. The number of rotatable bonds is 7. The zero-order valence-corrected chi connectivity index (χ0v) is 19.6. The predicted octanol–water partition coefficient (Wildman–Crippen LogP) is 5.52. The van der Waals surface area contributed by atoms with Crippen molar-refractivity contribution in [3.63, 3.8) is 0 Å². The summed E-state index contributed by atoms with van der Waals surface area (Å²) < 4.78 is 5.74. The lowest BCUT2D eigenvalue weighted by Crippen LogP contribution is -2.28. The van der Waals surface area contributed by atoms with Gasteiger partial charge in [-0.15, -0.1) is 0 Å². The van der Waals surface area contributed by atoms with E-state index in [1.165, 1.54) is 11.6 Å². The number of pyridine rings is 1. The molecule has 0 bridgehead atoms. The largest absolute Gasteiger partial charge is 0.487 e. The molecule has 4 aromatic rings. The summed E-state index contributed by atoms with van der Waals surface area (Å²) in [4.78, 5) is 31.4.